The van der Waals surface area contributed by atoms with Gasteiger partial charge in [0.15, 0.2) is 12.1 Å². The summed E-state index contributed by atoms with van der Waals surface area (Å²) in [6, 6.07) is 2.25. The zero-order valence-corrected chi connectivity index (χ0v) is 9.58. The summed E-state index contributed by atoms with van der Waals surface area (Å²) in [5, 5.41) is 12.8. The van der Waals surface area contributed by atoms with Crippen molar-refractivity contribution in [1.82, 2.24) is 0 Å². The third-order valence-electron chi connectivity index (χ3n) is 2.53. The highest BCUT2D eigenvalue weighted by atomic mass is 16.8. The second-order valence-electron chi connectivity index (χ2n) is 4.23. The summed E-state index contributed by atoms with van der Waals surface area (Å²) < 4.78 is 22.0. The topological polar surface area (TPSA) is 64.3 Å². The van der Waals surface area contributed by atoms with Gasteiger partial charge in [-0.05, 0) is 13.8 Å². The molecule has 0 amide bonds. The SMILES string of the molecule is C#CCO[C@@H]1[C@H]2OC(C)(C)O[C@H]2O[C@@H]1C#[N+][O-]. The van der Waals surface area contributed by atoms with Crippen LogP contribution in [0.15, 0.2) is 0 Å². The van der Waals surface area contributed by atoms with Crippen molar-refractivity contribution in [3.05, 3.63) is 10.2 Å². The van der Waals surface area contributed by atoms with Gasteiger partial charge in [0.05, 0.1) is 0 Å². The van der Waals surface area contributed by atoms with Gasteiger partial charge in [0.25, 0.3) is 0 Å². The van der Waals surface area contributed by atoms with Crippen molar-refractivity contribution in [2.45, 2.75) is 44.2 Å². The standard InChI is InChI=1S/C11H13NO5/c1-4-5-14-8-7(6-12-13)15-10-9(8)16-11(2,3)17-10/h1,7-10H,5H2,2-3H3/t7-,8+,9-,10-/m1/s1. The summed E-state index contributed by atoms with van der Waals surface area (Å²) in [4.78, 5) is 0. The van der Waals surface area contributed by atoms with Crippen LogP contribution in [-0.2, 0) is 18.9 Å². The largest absolute Gasteiger partial charge is 0.498 e. The van der Waals surface area contributed by atoms with E-state index >= 15 is 0 Å². The molecule has 0 aliphatic carbocycles. The Morgan fingerprint density at radius 1 is 1.47 bits per heavy atom. The predicted octanol–water partition coefficient (Wildman–Crippen LogP) is 0.712. The van der Waals surface area contributed by atoms with E-state index < -0.39 is 30.4 Å². The van der Waals surface area contributed by atoms with Crippen molar-refractivity contribution in [1.29, 1.82) is 0 Å². The number of fused-ring (bicyclic) bond motifs is 1. The Balaban J connectivity index is 2.11. The zero-order valence-electron chi connectivity index (χ0n) is 9.58. The molecule has 0 N–H and O–H groups in total. The second-order valence-corrected chi connectivity index (χ2v) is 4.23. The Morgan fingerprint density at radius 2 is 2.24 bits per heavy atom. The Labute approximate surface area is 99.2 Å². The van der Waals surface area contributed by atoms with Crippen LogP contribution in [0.2, 0.25) is 0 Å². The molecule has 0 radical (unpaired) electrons. The van der Waals surface area contributed by atoms with E-state index in [0.29, 0.717) is 0 Å². The van der Waals surface area contributed by atoms with Gasteiger partial charge in [0.1, 0.15) is 18.8 Å². The Morgan fingerprint density at radius 3 is 2.88 bits per heavy atom. The number of nitrogens with zero attached hydrogens (tertiary/aromatic N) is 1. The van der Waals surface area contributed by atoms with E-state index in [1.807, 2.05) is 0 Å². The summed E-state index contributed by atoms with van der Waals surface area (Å²) in [5.74, 6) is 1.60. The minimum atomic E-state index is -0.743. The molecule has 2 fully saturated rings. The van der Waals surface area contributed by atoms with Crippen molar-refractivity contribution in [2.24, 2.45) is 0 Å². The van der Waals surface area contributed by atoms with Crippen LogP contribution < -0.4 is 0 Å². The maximum atomic E-state index is 10.2. The third kappa shape index (κ3) is 2.36. The molecule has 0 saturated carbocycles. The molecule has 0 aromatic rings. The molecule has 0 bridgehead atoms. The van der Waals surface area contributed by atoms with E-state index in [1.165, 1.54) is 0 Å². The first-order valence-corrected chi connectivity index (χ1v) is 5.21. The fourth-order valence-electron chi connectivity index (χ4n) is 1.96. The Hall–Kier alpha value is -1.31. The van der Waals surface area contributed by atoms with E-state index in [9.17, 15) is 5.21 Å². The van der Waals surface area contributed by atoms with Crippen LogP contribution in [0, 0.1) is 23.6 Å². The molecule has 92 valence electrons. The van der Waals surface area contributed by atoms with Crippen molar-refractivity contribution in [2.75, 3.05) is 6.61 Å². The molecule has 2 rings (SSSR count). The van der Waals surface area contributed by atoms with Crippen LogP contribution in [0.4, 0.5) is 0 Å². The molecule has 6 heteroatoms. The van der Waals surface area contributed by atoms with Crippen LogP contribution in [0.3, 0.4) is 0 Å². The lowest BCUT2D eigenvalue weighted by Crippen LogP contribution is -2.36. The molecular formula is C11H13NO5. The van der Waals surface area contributed by atoms with Crippen LogP contribution >= 0.6 is 0 Å². The van der Waals surface area contributed by atoms with Crippen LogP contribution in [0.1, 0.15) is 13.8 Å². The average molecular weight is 239 g/mol. The number of hydrogen-bond acceptors (Lipinski definition) is 5. The molecule has 2 aliphatic rings. The predicted molar refractivity (Wildman–Crippen MR) is 57.9 cm³/mol. The minimum Gasteiger partial charge on any atom is -0.498 e. The maximum absolute atomic E-state index is 10.2. The highest BCUT2D eigenvalue weighted by Crippen LogP contribution is 2.38. The van der Waals surface area contributed by atoms with Gasteiger partial charge in [-0.3, -0.25) is 0 Å². The monoisotopic (exact) mass is 239 g/mol. The van der Waals surface area contributed by atoms with Crippen molar-refractivity contribution < 1.29 is 18.9 Å². The van der Waals surface area contributed by atoms with Gasteiger partial charge < -0.3 is 24.2 Å². The molecule has 0 aromatic heterocycles. The molecular weight excluding hydrogens is 226 g/mol. The summed E-state index contributed by atoms with van der Waals surface area (Å²) in [6.45, 7) is 3.64. The van der Waals surface area contributed by atoms with E-state index in [4.69, 9.17) is 25.4 Å². The first-order chi connectivity index (χ1) is 8.07. The first-order valence-electron chi connectivity index (χ1n) is 5.21. The summed E-state index contributed by atoms with van der Waals surface area (Å²) in [7, 11) is 0. The highest BCUT2D eigenvalue weighted by molar-refractivity contribution is 5.08. The molecule has 0 spiro atoms. The lowest BCUT2D eigenvalue weighted by atomic mass is 10.1. The van der Waals surface area contributed by atoms with Gasteiger partial charge in [0, 0.05) is 5.01 Å². The van der Waals surface area contributed by atoms with E-state index in [-0.39, 0.29) is 6.61 Å². The molecule has 0 unspecified atom stereocenters. The van der Waals surface area contributed by atoms with Crippen LogP contribution in [0.5, 0.6) is 0 Å². The molecule has 6 nitrogen and oxygen atoms in total. The molecule has 17 heavy (non-hydrogen) atoms. The number of terminal acetylenes is 1. The molecule has 2 heterocycles. The number of hydrogen-bond donors (Lipinski definition) is 0. The van der Waals surface area contributed by atoms with Gasteiger partial charge in [-0.15, -0.1) is 6.42 Å². The molecule has 4 atom stereocenters. The normalized spacial score (nSPS) is 37.9. The second kappa shape index (κ2) is 4.52. The Bertz CT molecular complexity index is 391. The van der Waals surface area contributed by atoms with E-state index in [0.717, 1.165) is 0 Å². The van der Waals surface area contributed by atoms with Crippen LogP contribution in [-0.4, -0.2) is 37.0 Å². The third-order valence-corrected chi connectivity index (χ3v) is 2.53. The lowest BCUT2D eigenvalue weighted by Gasteiger charge is -2.21. The van der Waals surface area contributed by atoms with Gasteiger partial charge in [-0.1, -0.05) is 5.92 Å². The van der Waals surface area contributed by atoms with Crippen molar-refractivity contribution >= 4 is 0 Å². The fourth-order valence-corrected chi connectivity index (χ4v) is 1.96. The summed E-state index contributed by atoms with van der Waals surface area (Å²) in [5.41, 5.74) is 0. The number of ether oxygens (including phenoxy) is 4. The van der Waals surface area contributed by atoms with Crippen molar-refractivity contribution in [3.8, 4) is 18.4 Å². The zero-order chi connectivity index (χ0) is 12.5. The van der Waals surface area contributed by atoms with Gasteiger partial charge >= 0.3 is 6.07 Å². The molecule has 2 aliphatic heterocycles. The van der Waals surface area contributed by atoms with E-state index in [2.05, 4.69) is 17.0 Å². The van der Waals surface area contributed by atoms with Crippen molar-refractivity contribution in [3.63, 3.8) is 0 Å². The number of rotatable bonds is 2. The van der Waals surface area contributed by atoms with Crippen LogP contribution in [0.25, 0.3) is 5.01 Å². The highest BCUT2D eigenvalue weighted by Gasteiger charge is 2.56. The van der Waals surface area contributed by atoms with E-state index in [1.54, 1.807) is 13.8 Å². The summed E-state index contributed by atoms with van der Waals surface area (Å²) in [6.07, 6.45) is 2.85. The van der Waals surface area contributed by atoms with Gasteiger partial charge in [-0.2, -0.15) is 0 Å². The van der Waals surface area contributed by atoms with Gasteiger partial charge in [0.2, 0.25) is 6.10 Å². The Kier molecular flexibility index (Phi) is 3.23. The molecule has 0 aromatic carbocycles. The van der Waals surface area contributed by atoms with Gasteiger partial charge in [-0.25, -0.2) is 0 Å². The maximum Gasteiger partial charge on any atom is 0.333 e. The average Bonchev–Trinajstić information content (AvgIpc) is 2.68. The minimum absolute atomic E-state index is 0.0953. The first kappa shape index (κ1) is 12.2. The smallest absolute Gasteiger partial charge is 0.333 e. The summed E-state index contributed by atoms with van der Waals surface area (Å²) >= 11 is 0. The lowest BCUT2D eigenvalue weighted by molar-refractivity contribution is -0.210. The molecule has 2 saturated heterocycles. The quantitative estimate of drug-likeness (QED) is 0.524. The fraction of sp³-hybridized carbons (Fsp3) is 0.727.